The van der Waals surface area contributed by atoms with Gasteiger partial charge in [0.2, 0.25) is 5.91 Å². The van der Waals surface area contributed by atoms with Crippen LogP contribution in [0.3, 0.4) is 0 Å². The van der Waals surface area contributed by atoms with Crippen molar-refractivity contribution in [2.24, 2.45) is 5.92 Å². The van der Waals surface area contributed by atoms with E-state index in [1.807, 2.05) is 0 Å². The lowest BCUT2D eigenvalue weighted by Gasteiger charge is -2.33. The Morgan fingerprint density at radius 2 is 1.72 bits per heavy atom. The van der Waals surface area contributed by atoms with Gasteiger partial charge >= 0.3 is 0 Å². The van der Waals surface area contributed by atoms with Gasteiger partial charge in [0.05, 0.1) is 11.5 Å². The molecule has 0 bridgehead atoms. The zero-order chi connectivity index (χ0) is 20.8. The van der Waals surface area contributed by atoms with Gasteiger partial charge in [-0.15, -0.1) is 0 Å². The van der Waals surface area contributed by atoms with E-state index in [0.717, 1.165) is 32.4 Å². The van der Waals surface area contributed by atoms with Crippen molar-refractivity contribution in [3.63, 3.8) is 0 Å². The Labute approximate surface area is 171 Å². The Bertz CT molecular complexity index is 729. The fourth-order valence-corrected chi connectivity index (χ4v) is 4.22. The van der Waals surface area contributed by atoms with E-state index < -0.39 is 4.92 Å². The number of carbonyl (C=O) groups is 2. The molecule has 2 aliphatic rings. The number of non-ortho nitro benzene ring substituents is 1. The number of hydrogen-bond donors (Lipinski definition) is 2. The van der Waals surface area contributed by atoms with Gasteiger partial charge in [0.15, 0.2) is 0 Å². The third-order valence-electron chi connectivity index (χ3n) is 6.09. The number of nitro benzene ring substituents is 1. The lowest BCUT2D eigenvalue weighted by atomic mass is 9.86. The molecule has 1 heterocycles. The Morgan fingerprint density at radius 3 is 2.34 bits per heavy atom. The van der Waals surface area contributed by atoms with Crippen LogP contribution in [0, 0.1) is 16.0 Å². The van der Waals surface area contributed by atoms with Crippen molar-refractivity contribution < 1.29 is 14.5 Å². The molecular formula is C21H30N4O4. The molecule has 2 N–H and O–H groups in total. The molecule has 1 aliphatic carbocycles. The maximum atomic E-state index is 12.4. The molecule has 3 rings (SSSR count). The Hall–Kier alpha value is -2.48. The molecule has 0 radical (unpaired) electrons. The number of piperidine rings is 1. The number of nitro groups is 1. The summed E-state index contributed by atoms with van der Waals surface area (Å²) in [5.74, 6) is 0.424. The highest BCUT2D eigenvalue weighted by molar-refractivity contribution is 5.94. The van der Waals surface area contributed by atoms with E-state index in [-0.39, 0.29) is 23.5 Å². The van der Waals surface area contributed by atoms with Crippen LogP contribution in [-0.4, -0.2) is 53.4 Å². The van der Waals surface area contributed by atoms with Gasteiger partial charge in [-0.05, 0) is 43.7 Å². The third-order valence-corrected chi connectivity index (χ3v) is 6.09. The molecule has 0 unspecified atom stereocenters. The smallest absolute Gasteiger partial charge is 0.269 e. The van der Waals surface area contributed by atoms with E-state index >= 15 is 0 Å². The lowest BCUT2D eigenvalue weighted by Crippen LogP contribution is -2.49. The standard InChI is InChI=1S/C21H30N4O4/c1-15-4-2-3-5-19(15)23-20(26)14-24-12-10-17(11-13-24)22-21(27)16-6-8-18(9-7-16)25(28)29/h6-9,15,17,19H,2-5,10-14H2,1H3,(H,22,27)(H,23,26)/t15-,19+/m0/s1. The maximum Gasteiger partial charge on any atom is 0.269 e. The van der Waals surface area contributed by atoms with E-state index in [9.17, 15) is 19.7 Å². The molecule has 1 saturated carbocycles. The molecule has 2 fully saturated rings. The molecule has 158 valence electrons. The highest BCUT2D eigenvalue weighted by Crippen LogP contribution is 2.23. The van der Waals surface area contributed by atoms with Crippen LogP contribution in [0.5, 0.6) is 0 Å². The lowest BCUT2D eigenvalue weighted by molar-refractivity contribution is -0.384. The monoisotopic (exact) mass is 402 g/mol. The highest BCUT2D eigenvalue weighted by Gasteiger charge is 2.26. The topological polar surface area (TPSA) is 105 Å². The van der Waals surface area contributed by atoms with Crippen LogP contribution in [0.4, 0.5) is 5.69 Å². The minimum Gasteiger partial charge on any atom is -0.352 e. The van der Waals surface area contributed by atoms with Gasteiger partial charge in [-0.2, -0.15) is 0 Å². The first-order chi connectivity index (χ1) is 13.9. The molecule has 1 aromatic rings. The number of nitrogens with one attached hydrogen (secondary N) is 2. The number of carbonyl (C=O) groups excluding carboxylic acids is 2. The van der Waals surface area contributed by atoms with Crippen molar-refractivity contribution in [3.05, 3.63) is 39.9 Å². The molecule has 8 heteroatoms. The fourth-order valence-electron chi connectivity index (χ4n) is 4.22. The van der Waals surface area contributed by atoms with Crippen LogP contribution in [0.2, 0.25) is 0 Å². The van der Waals surface area contributed by atoms with Crippen LogP contribution in [0.25, 0.3) is 0 Å². The van der Waals surface area contributed by atoms with Gasteiger partial charge < -0.3 is 10.6 Å². The minimum atomic E-state index is -0.484. The highest BCUT2D eigenvalue weighted by atomic mass is 16.6. The Kier molecular flexibility index (Phi) is 7.19. The van der Waals surface area contributed by atoms with Crippen molar-refractivity contribution in [1.29, 1.82) is 0 Å². The van der Waals surface area contributed by atoms with E-state index in [1.165, 1.54) is 43.5 Å². The fraction of sp³-hybridized carbons (Fsp3) is 0.619. The summed E-state index contributed by atoms with van der Waals surface area (Å²) in [5, 5.41) is 16.9. The van der Waals surface area contributed by atoms with E-state index in [4.69, 9.17) is 0 Å². The SMILES string of the molecule is C[C@H]1CCCC[C@H]1NC(=O)CN1CCC(NC(=O)c2ccc([N+](=O)[O-])cc2)CC1. The summed E-state index contributed by atoms with van der Waals surface area (Å²) in [6, 6.07) is 5.97. The second-order valence-corrected chi connectivity index (χ2v) is 8.26. The van der Waals surface area contributed by atoms with Gasteiger partial charge in [0, 0.05) is 42.9 Å². The van der Waals surface area contributed by atoms with Crippen LogP contribution in [-0.2, 0) is 4.79 Å². The second kappa shape index (κ2) is 9.82. The predicted octanol–water partition coefficient (Wildman–Crippen LogP) is 2.48. The van der Waals surface area contributed by atoms with Crippen molar-refractivity contribution in [2.45, 2.75) is 57.5 Å². The summed E-state index contributed by atoms with van der Waals surface area (Å²) in [4.78, 5) is 37.1. The number of amides is 2. The van der Waals surface area contributed by atoms with Gasteiger partial charge in [-0.1, -0.05) is 19.8 Å². The number of likely N-dealkylation sites (tertiary alicyclic amines) is 1. The molecule has 1 saturated heterocycles. The number of rotatable bonds is 6. The summed E-state index contributed by atoms with van der Waals surface area (Å²) in [6.07, 6.45) is 6.27. The third kappa shape index (κ3) is 6.00. The first kappa shape index (κ1) is 21.2. The quantitative estimate of drug-likeness (QED) is 0.562. The molecule has 29 heavy (non-hydrogen) atoms. The Morgan fingerprint density at radius 1 is 1.07 bits per heavy atom. The van der Waals surface area contributed by atoms with E-state index in [1.54, 1.807) is 0 Å². The zero-order valence-electron chi connectivity index (χ0n) is 16.9. The zero-order valence-corrected chi connectivity index (χ0v) is 16.9. The molecule has 1 aromatic carbocycles. The summed E-state index contributed by atoms with van der Waals surface area (Å²) < 4.78 is 0. The predicted molar refractivity (Wildman–Crippen MR) is 110 cm³/mol. The summed E-state index contributed by atoms with van der Waals surface area (Å²) >= 11 is 0. The average molecular weight is 402 g/mol. The summed E-state index contributed by atoms with van der Waals surface area (Å²) in [5.41, 5.74) is 0.384. The summed E-state index contributed by atoms with van der Waals surface area (Å²) in [7, 11) is 0. The second-order valence-electron chi connectivity index (χ2n) is 8.26. The summed E-state index contributed by atoms with van der Waals surface area (Å²) in [6.45, 7) is 4.15. The molecule has 1 aliphatic heterocycles. The van der Waals surface area contributed by atoms with E-state index in [0.29, 0.717) is 24.1 Å². The maximum absolute atomic E-state index is 12.4. The largest absolute Gasteiger partial charge is 0.352 e. The normalized spacial score (nSPS) is 23.3. The van der Waals surface area contributed by atoms with Gasteiger partial charge in [-0.3, -0.25) is 24.6 Å². The number of benzene rings is 1. The Balaban J connectivity index is 1.40. The molecular weight excluding hydrogens is 372 g/mol. The van der Waals surface area contributed by atoms with Gasteiger partial charge in [-0.25, -0.2) is 0 Å². The average Bonchev–Trinajstić information content (AvgIpc) is 2.71. The van der Waals surface area contributed by atoms with Crippen molar-refractivity contribution in [1.82, 2.24) is 15.5 Å². The number of hydrogen-bond acceptors (Lipinski definition) is 5. The van der Waals surface area contributed by atoms with Crippen LogP contribution >= 0.6 is 0 Å². The minimum absolute atomic E-state index is 0.0317. The first-order valence-electron chi connectivity index (χ1n) is 10.5. The van der Waals surface area contributed by atoms with Gasteiger partial charge in [0.1, 0.15) is 0 Å². The van der Waals surface area contributed by atoms with E-state index in [2.05, 4.69) is 22.5 Å². The molecule has 2 amide bonds. The molecule has 0 spiro atoms. The van der Waals surface area contributed by atoms with Crippen molar-refractivity contribution >= 4 is 17.5 Å². The van der Waals surface area contributed by atoms with Crippen LogP contribution < -0.4 is 10.6 Å². The molecule has 8 nitrogen and oxygen atoms in total. The molecule has 0 aromatic heterocycles. The van der Waals surface area contributed by atoms with Crippen molar-refractivity contribution in [3.8, 4) is 0 Å². The van der Waals surface area contributed by atoms with Crippen LogP contribution in [0.15, 0.2) is 24.3 Å². The van der Waals surface area contributed by atoms with Crippen LogP contribution in [0.1, 0.15) is 55.8 Å². The first-order valence-corrected chi connectivity index (χ1v) is 10.5. The number of nitrogens with zero attached hydrogens (tertiary/aromatic N) is 2. The van der Waals surface area contributed by atoms with Gasteiger partial charge in [0.25, 0.3) is 11.6 Å². The van der Waals surface area contributed by atoms with Crippen molar-refractivity contribution in [2.75, 3.05) is 19.6 Å². The molecule has 2 atom stereocenters.